The Bertz CT molecular complexity index is 390. The zero-order valence-corrected chi connectivity index (χ0v) is 6.15. The molecule has 0 radical (unpaired) electrons. The minimum absolute atomic E-state index is 0.707. The molecule has 0 bridgehead atoms. The summed E-state index contributed by atoms with van der Waals surface area (Å²) in [6, 6.07) is 0. The Morgan fingerprint density at radius 2 is 2.36 bits per heavy atom. The quantitative estimate of drug-likeness (QED) is 0.595. The number of aryl methyl sites for hydroxylation is 1. The van der Waals surface area contributed by atoms with Crippen LogP contribution in [0.15, 0.2) is 18.6 Å². The minimum atomic E-state index is 0.707. The number of rotatable bonds is 0. The monoisotopic (exact) mass is 148 g/mol. The number of nitrogens with zero attached hydrogens (tertiary/aromatic N) is 3. The van der Waals surface area contributed by atoms with E-state index >= 15 is 0 Å². The summed E-state index contributed by atoms with van der Waals surface area (Å²) in [5.74, 6) is 0. The summed E-state index contributed by atoms with van der Waals surface area (Å²) in [5, 5.41) is 4.16. The Morgan fingerprint density at radius 1 is 1.55 bits per heavy atom. The van der Waals surface area contributed by atoms with Crippen molar-refractivity contribution in [1.82, 2.24) is 14.6 Å². The van der Waals surface area contributed by atoms with Crippen molar-refractivity contribution in [3.8, 4) is 0 Å². The number of nitrogen functional groups attached to an aromatic ring is 1. The van der Waals surface area contributed by atoms with Crippen LogP contribution in [0.25, 0.3) is 5.52 Å². The molecular formula is C7H8N4. The summed E-state index contributed by atoms with van der Waals surface area (Å²) in [5.41, 5.74) is 8.13. The topological polar surface area (TPSA) is 56.2 Å². The highest BCUT2D eigenvalue weighted by atomic mass is 15.2. The van der Waals surface area contributed by atoms with Crippen LogP contribution < -0.4 is 5.73 Å². The van der Waals surface area contributed by atoms with Gasteiger partial charge in [0.15, 0.2) is 0 Å². The van der Waals surface area contributed by atoms with Gasteiger partial charge in [0.05, 0.1) is 17.6 Å². The van der Waals surface area contributed by atoms with Gasteiger partial charge in [-0.3, -0.25) is 4.98 Å². The highest BCUT2D eigenvalue weighted by molar-refractivity contribution is 5.70. The summed E-state index contributed by atoms with van der Waals surface area (Å²) in [6.45, 7) is 1.88. The number of hydrogen-bond acceptors (Lipinski definition) is 3. The van der Waals surface area contributed by atoms with E-state index in [1.807, 2.05) is 6.92 Å². The van der Waals surface area contributed by atoms with Crippen molar-refractivity contribution in [1.29, 1.82) is 0 Å². The Labute approximate surface area is 63.7 Å². The second kappa shape index (κ2) is 1.95. The molecule has 0 amide bonds. The molecule has 0 aliphatic rings. The van der Waals surface area contributed by atoms with Gasteiger partial charge >= 0.3 is 0 Å². The average molecular weight is 148 g/mol. The summed E-state index contributed by atoms with van der Waals surface area (Å²) in [6.07, 6.45) is 5.16. The maximum atomic E-state index is 5.71. The molecule has 0 atom stereocenters. The largest absolute Gasteiger partial charge is 0.395 e. The van der Waals surface area contributed by atoms with Gasteiger partial charge in [0.2, 0.25) is 0 Å². The van der Waals surface area contributed by atoms with Gasteiger partial charge in [-0.05, 0) is 6.92 Å². The van der Waals surface area contributed by atoms with Crippen molar-refractivity contribution in [2.24, 2.45) is 0 Å². The third kappa shape index (κ3) is 0.756. The predicted octanol–water partition coefficient (Wildman–Crippen LogP) is 0.620. The van der Waals surface area contributed by atoms with Gasteiger partial charge in [-0.25, -0.2) is 4.52 Å². The molecule has 4 heteroatoms. The molecule has 0 unspecified atom stereocenters. The Balaban J connectivity index is 2.92. The van der Waals surface area contributed by atoms with E-state index in [-0.39, 0.29) is 0 Å². The lowest BCUT2D eigenvalue weighted by molar-refractivity contribution is 0.922. The van der Waals surface area contributed by atoms with Crippen molar-refractivity contribution in [2.45, 2.75) is 6.92 Å². The number of fused-ring (bicyclic) bond motifs is 1. The molecule has 11 heavy (non-hydrogen) atoms. The molecule has 4 nitrogen and oxygen atoms in total. The molecule has 2 N–H and O–H groups in total. The number of nitrogens with two attached hydrogens (primary N) is 1. The SMILES string of the molecule is Cc1nn2ccncc2c1N. The van der Waals surface area contributed by atoms with Crippen LogP contribution in [-0.2, 0) is 0 Å². The minimum Gasteiger partial charge on any atom is -0.395 e. The van der Waals surface area contributed by atoms with Gasteiger partial charge in [-0.1, -0.05) is 0 Å². The van der Waals surface area contributed by atoms with Crippen molar-refractivity contribution in [3.05, 3.63) is 24.3 Å². The van der Waals surface area contributed by atoms with Crippen LogP contribution in [-0.4, -0.2) is 14.6 Å². The predicted molar refractivity (Wildman–Crippen MR) is 42.1 cm³/mol. The van der Waals surface area contributed by atoms with E-state index in [0.29, 0.717) is 5.69 Å². The lowest BCUT2D eigenvalue weighted by atomic mass is 10.4. The average Bonchev–Trinajstić information content (AvgIpc) is 2.30. The van der Waals surface area contributed by atoms with Gasteiger partial charge in [-0.15, -0.1) is 0 Å². The van der Waals surface area contributed by atoms with Crippen molar-refractivity contribution in [3.63, 3.8) is 0 Å². The number of aromatic nitrogens is 3. The van der Waals surface area contributed by atoms with Crippen LogP contribution in [0, 0.1) is 6.92 Å². The second-order valence-electron chi connectivity index (χ2n) is 2.41. The normalized spacial score (nSPS) is 10.6. The highest BCUT2D eigenvalue weighted by Crippen LogP contribution is 2.14. The molecule has 0 aromatic carbocycles. The fraction of sp³-hybridized carbons (Fsp3) is 0.143. The Kier molecular flexibility index (Phi) is 1.09. The van der Waals surface area contributed by atoms with E-state index in [1.165, 1.54) is 0 Å². The van der Waals surface area contributed by atoms with Crippen LogP contribution in [0.5, 0.6) is 0 Å². The molecule has 0 spiro atoms. The standard InChI is InChI=1S/C7H8N4/c1-5-7(8)6-4-9-2-3-11(6)10-5/h2-4H,8H2,1H3. The fourth-order valence-electron chi connectivity index (χ4n) is 1.04. The summed E-state index contributed by atoms with van der Waals surface area (Å²) in [7, 11) is 0. The van der Waals surface area contributed by atoms with E-state index in [2.05, 4.69) is 10.1 Å². The lowest BCUT2D eigenvalue weighted by Gasteiger charge is -1.88. The maximum absolute atomic E-state index is 5.71. The number of anilines is 1. The van der Waals surface area contributed by atoms with Gasteiger partial charge in [-0.2, -0.15) is 5.10 Å². The van der Waals surface area contributed by atoms with Gasteiger partial charge in [0, 0.05) is 12.4 Å². The first-order valence-corrected chi connectivity index (χ1v) is 3.33. The first kappa shape index (κ1) is 6.15. The first-order valence-electron chi connectivity index (χ1n) is 3.33. The van der Waals surface area contributed by atoms with Gasteiger partial charge < -0.3 is 5.73 Å². The third-order valence-corrected chi connectivity index (χ3v) is 1.66. The molecule has 0 fully saturated rings. The highest BCUT2D eigenvalue weighted by Gasteiger charge is 2.02. The van der Waals surface area contributed by atoms with Crippen LogP contribution in [0.1, 0.15) is 5.69 Å². The summed E-state index contributed by atoms with van der Waals surface area (Å²) in [4.78, 5) is 3.95. The van der Waals surface area contributed by atoms with Crippen molar-refractivity contribution in [2.75, 3.05) is 5.73 Å². The molecular weight excluding hydrogens is 140 g/mol. The maximum Gasteiger partial charge on any atom is 0.108 e. The first-order chi connectivity index (χ1) is 5.29. The molecule has 56 valence electrons. The Morgan fingerprint density at radius 3 is 3.09 bits per heavy atom. The zero-order chi connectivity index (χ0) is 7.84. The van der Waals surface area contributed by atoms with Crippen molar-refractivity contribution < 1.29 is 0 Å². The lowest BCUT2D eigenvalue weighted by Crippen LogP contribution is -1.87. The molecule has 2 heterocycles. The Hall–Kier alpha value is -1.58. The molecule has 2 rings (SSSR count). The van der Waals surface area contributed by atoms with Crippen LogP contribution in [0.2, 0.25) is 0 Å². The molecule has 2 aromatic heterocycles. The molecule has 2 aromatic rings. The smallest absolute Gasteiger partial charge is 0.108 e. The number of hydrogen-bond donors (Lipinski definition) is 1. The van der Waals surface area contributed by atoms with E-state index in [4.69, 9.17) is 5.73 Å². The molecule has 0 aliphatic carbocycles. The second-order valence-corrected chi connectivity index (χ2v) is 2.41. The van der Waals surface area contributed by atoms with E-state index < -0.39 is 0 Å². The van der Waals surface area contributed by atoms with Gasteiger partial charge in [0.25, 0.3) is 0 Å². The van der Waals surface area contributed by atoms with Crippen molar-refractivity contribution >= 4 is 11.2 Å². The van der Waals surface area contributed by atoms with Gasteiger partial charge in [0.1, 0.15) is 5.52 Å². The molecule has 0 aliphatic heterocycles. The molecule has 0 saturated carbocycles. The fourth-order valence-corrected chi connectivity index (χ4v) is 1.04. The zero-order valence-electron chi connectivity index (χ0n) is 6.15. The van der Waals surface area contributed by atoms with Crippen LogP contribution in [0.3, 0.4) is 0 Å². The van der Waals surface area contributed by atoms with E-state index in [0.717, 1.165) is 11.2 Å². The van der Waals surface area contributed by atoms with Crippen LogP contribution >= 0.6 is 0 Å². The van der Waals surface area contributed by atoms with E-state index in [1.54, 1.807) is 23.1 Å². The third-order valence-electron chi connectivity index (χ3n) is 1.66. The molecule has 0 saturated heterocycles. The van der Waals surface area contributed by atoms with E-state index in [9.17, 15) is 0 Å². The van der Waals surface area contributed by atoms with Crippen LogP contribution in [0.4, 0.5) is 5.69 Å². The summed E-state index contributed by atoms with van der Waals surface area (Å²) < 4.78 is 1.72. The summed E-state index contributed by atoms with van der Waals surface area (Å²) >= 11 is 0.